The minimum absolute atomic E-state index is 0.155. The molecule has 1 aromatic carbocycles. The van der Waals surface area contributed by atoms with E-state index in [-0.39, 0.29) is 11.7 Å². The lowest BCUT2D eigenvalue weighted by atomic mass is 10.0. The molecule has 0 saturated carbocycles. The Hall–Kier alpha value is -1.53. The highest BCUT2D eigenvalue weighted by Gasteiger charge is 2.21. The third-order valence-corrected chi connectivity index (χ3v) is 3.62. The number of hydrogen-bond acceptors (Lipinski definition) is 5. The van der Waals surface area contributed by atoms with E-state index in [0.29, 0.717) is 10.4 Å². The number of aliphatic hydroxyl groups excluding tert-OH is 1. The number of rotatable bonds is 4. The summed E-state index contributed by atoms with van der Waals surface area (Å²) in [6.07, 6.45) is -0.919. The van der Waals surface area contributed by atoms with Gasteiger partial charge in [-0.15, -0.1) is 5.10 Å². The molecule has 1 aromatic heterocycles. The molecule has 102 valence electrons. The van der Waals surface area contributed by atoms with Crippen LogP contribution in [0.3, 0.4) is 0 Å². The number of methoxy groups -OCH3 is 1. The second-order valence-corrected chi connectivity index (χ2v) is 5.26. The molecule has 0 amide bonds. The van der Waals surface area contributed by atoms with Crippen LogP contribution in [0.4, 0.5) is 4.39 Å². The van der Waals surface area contributed by atoms with Crippen LogP contribution >= 0.6 is 11.5 Å². The standard InChI is InChI=1S/C13H15FN2O2S/c1-7(2)11-13(19-16-15-11)12(17)8-4-5-10(18-3)9(14)6-8/h4-7,12,17H,1-3H3. The maximum absolute atomic E-state index is 13.6. The molecule has 0 aliphatic rings. The molecule has 19 heavy (non-hydrogen) atoms. The van der Waals surface area contributed by atoms with Gasteiger partial charge in [-0.1, -0.05) is 24.4 Å². The normalized spacial score (nSPS) is 12.7. The van der Waals surface area contributed by atoms with E-state index in [0.717, 1.165) is 17.2 Å². The highest BCUT2D eigenvalue weighted by atomic mass is 32.1. The molecule has 0 saturated heterocycles. The van der Waals surface area contributed by atoms with E-state index in [1.807, 2.05) is 13.8 Å². The zero-order valence-electron chi connectivity index (χ0n) is 10.9. The van der Waals surface area contributed by atoms with Gasteiger partial charge in [0, 0.05) is 0 Å². The summed E-state index contributed by atoms with van der Waals surface area (Å²) in [6.45, 7) is 3.95. The zero-order valence-corrected chi connectivity index (χ0v) is 11.7. The van der Waals surface area contributed by atoms with Gasteiger partial charge < -0.3 is 9.84 Å². The monoisotopic (exact) mass is 282 g/mol. The topological polar surface area (TPSA) is 55.2 Å². The molecule has 0 bridgehead atoms. The van der Waals surface area contributed by atoms with Gasteiger partial charge in [0.2, 0.25) is 0 Å². The third kappa shape index (κ3) is 2.74. The Balaban J connectivity index is 2.36. The Morgan fingerprint density at radius 1 is 1.37 bits per heavy atom. The van der Waals surface area contributed by atoms with Crippen molar-refractivity contribution in [2.24, 2.45) is 0 Å². The van der Waals surface area contributed by atoms with Crippen LogP contribution in [0.1, 0.15) is 42.0 Å². The average Bonchev–Trinajstić information content (AvgIpc) is 2.87. The number of aliphatic hydroxyl groups is 1. The zero-order chi connectivity index (χ0) is 14.0. The van der Waals surface area contributed by atoms with Crippen LogP contribution in [-0.4, -0.2) is 21.8 Å². The van der Waals surface area contributed by atoms with E-state index >= 15 is 0 Å². The molecule has 0 fully saturated rings. The van der Waals surface area contributed by atoms with Crippen LogP contribution < -0.4 is 4.74 Å². The predicted molar refractivity (Wildman–Crippen MR) is 71.0 cm³/mol. The minimum Gasteiger partial charge on any atom is -0.494 e. The quantitative estimate of drug-likeness (QED) is 0.937. The van der Waals surface area contributed by atoms with Gasteiger partial charge in [0.25, 0.3) is 0 Å². The lowest BCUT2D eigenvalue weighted by Gasteiger charge is -2.12. The van der Waals surface area contributed by atoms with E-state index in [4.69, 9.17) is 4.74 Å². The molecule has 1 unspecified atom stereocenters. The molecule has 2 aromatic rings. The molecule has 4 nitrogen and oxygen atoms in total. The van der Waals surface area contributed by atoms with Crippen molar-refractivity contribution < 1.29 is 14.2 Å². The van der Waals surface area contributed by atoms with Crippen LogP contribution in [0.25, 0.3) is 0 Å². The summed E-state index contributed by atoms with van der Waals surface area (Å²) in [5.41, 5.74) is 1.21. The Kier molecular flexibility index (Phi) is 4.11. The van der Waals surface area contributed by atoms with Crippen LogP contribution in [0, 0.1) is 5.82 Å². The minimum atomic E-state index is -0.919. The Morgan fingerprint density at radius 3 is 2.68 bits per heavy atom. The van der Waals surface area contributed by atoms with E-state index < -0.39 is 11.9 Å². The molecule has 2 rings (SSSR count). The fourth-order valence-corrected chi connectivity index (χ4v) is 2.62. The largest absolute Gasteiger partial charge is 0.494 e. The van der Waals surface area contributed by atoms with Gasteiger partial charge in [-0.05, 0) is 35.1 Å². The van der Waals surface area contributed by atoms with Crippen molar-refractivity contribution >= 4 is 11.5 Å². The number of benzene rings is 1. The molecule has 1 N–H and O–H groups in total. The van der Waals surface area contributed by atoms with Crippen LogP contribution in [0.5, 0.6) is 5.75 Å². The molecule has 0 spiro atoms. The van der Waals surface area contributed by atoms with Crippen molar-refractivity contribution in [3.63, 3.8) is 0 Å². The van der Waals surface area contributed by atoms with Crippen LogP contribution in [0.2, 0.25) is 0 Å². The van der Waals surface area contributed by atoms with Crippen molar-refractivity contribution in [3.8, 4) is 5.75 Å². The van der Waals surface area contributed by atoms with Gasteiger partial charge >= 0.3 is 0 Å². The predicted octanol–water partition coefficient (Wildman–Crippen LogP) is 2.89. The van der Waals surface area contributed by atoms with Gasteiger partial charge in [-0.3, -0.25) is 0 Å². The fraction of sp³-hybridized carbons (Fsp3) is 0.385. The highest BCUT2D eigenvalue weighted by Crippen LogP contribution is 2.32. The van der Waals surface area contributed by atoms with Gasteiger partial charge in [-0.25, -0.2) is 4.39 Å². The number of hydrogen-bond donors (Lipinski definition) is 1. The summed E-state index contributed by atoms with van der Waals surface area (Å²) in [5.74, 6) is -0.184. The third-order valence-electron chi connectivity index (χ3n) is 2.83. The number of aromatic nitrogens is 2. The first kappa shape index (κ1) is 13.9. The Bertz CT molecular complexity index is 572. The van der Waals surface area contributed by atoms with Gasteiger partial charge in [-0.2, -0.15) is 0 Å². The number of halogens is 1. The van der Waals surface area contributed by atoms with E-state index in [9.17, 15) is 9.50 Å². The summed E-state index contributed by atoms with van der Waals surface area (Å²) in [7, 11) is 1.40. The lowest BCUT2D eigenvalue weighted by molar-refractivity contribution is 0.221. The van der Waals surface area contributed by atoms with Crippen LogP contribution in [-0.2, 0) is 0 Å². The molecule has 0 aliphatic carbocycles. The van der Waals surface area contributed by atoms with Crippen LogP contribution in [0.15, 0.2) is 18.2 Å². The van der Waals surface area contributed by atoms with E-state index in [1.165, 1.54) is 19.2 Å². The number of nitrogens with zero attached hydrogens (tertiary/aromatic N) is 2. The van der Waals surface area contributed by atoms with E-state index in [2.05, 4.69) is 9.59 Å². The molecule has 1 heterocycles. The first-order valence-electron chi connectivity index (χ1n) is 5.88. The van der Waals surface area contributed by atoms with Crippen molar-refractivity contribution in [1.82, 2.24) is 9.59 Å². The molecular formula is C13H15FN2O2S. The smallest absolute Gasteiger partial charge is 0.165 e. The summed E-state index contributed by atoms with van der Waals surface area (Å²) < 4.78 is 22.4. The maximum atomic E-state index is 13.6. The second-order valence-electron chi connectivity index (χ2n) is 4.47. The fourth-order valence-electron chi connectivity index (χ4n) is 1.80. The maximum Gasteiger partial charge on any atom is 0.165 e. The summed E-state index contributed by atoms with van der Waals surface area (Å²) >= 11 is 1.13. The molecule has 6 heteroatoms. The molecule has 1 atom stereocenters. The summed E-state index contributed by atoms with van der Waals surface area (Å²) in [4.78, 5) is 0.652. The first-order chi connectivity index (χ1) is 9.04. The Morgan fingerprint density at radius 2 is 2.11 bits per heavy atom. The average molecular weight is 282 g/mol. The lowest BCUT2D eigenvalue weighted by Crippen LogP contribution is -2.03. The van der Waals surface area contributed by atoms with Gasteiger partial charge in [0.15, 0.2) is 11.6 Å². The SMILES string of the molecule is COc1ccc(C(O)c2snnc2C(C)C)cc1F. The van der Waals surface area contributed by atoms with Gasteiger partial charge in [0.1, 0.15) is 6.10 Å². The Labute approximate surface area is 115 Å². The molecular weight excluding hydrogens is 267 g/mol. The van der Waals surface area contributed by atoms with Crippen molar-refractivity contribution in [1.29, 1.82) is 0 Å². The van der Waals surface area contributed by atoms with E-state index in [1.54, 1.807) is 6.07 Å². The summed E-state index contributed by atoms with van der Waals surface area (Å²) in [5, 5.41) is 14.3. The first-order valence-corrected chi connectivity index (χ1v) is 6.65. The highest BCUT2D eigenvalue weighted by molar-refractivity contribution is 7.05. The molecule has 0 radical (unpaired) electrons. The van der Waals surface area contributed by atoms with Crippen molar-refractivity contribution in [2.75, 3.05) is 7.11 Å². The number of ether oxygens (including phenoxy) is 1. The second kappa shape index (κ2) is 5.63. The molecule has 0 aliphatic heterocycles. The summed E-state index contributed by atoms with van der Waals surface area (Å²) in [6, 6.07) is 4.40. The van der Waals surface area contributed by atoms with Crippen molar-refractivity contribution in [3.05, 3.63) is 40.2 Å². The van der Waals surface area contributed by atoms with Crippen molar-refractivity contribution in [2.45, 2.75) is 25.9 Å². The van der Waals surface area contributed by atoms with Gasteiger partial charge in [0.05, 0.1) is 17.7 Å².